The Kier molecular flexibility index (Phi) is 7.48. The van der Waals surface area contributed by atoms with Crippen LogP contribution in [0.2, 0.25) is 0 Å². The molecule has 1 aromatic carbocycles. The molecule has 84 valence electrons. The van der Waals surface area contributed by atoms with E-state index in [1.165, 1.54) is 15.9 Å². The zero-order chi connectivity index (χ0) is 11.6. The van der Waals surface area contributed by atoms with E-state index in [1.54, 1.807) is 0 Å². The van der Waals surface area contributed by atoms with Crippen LogP contribution in [0.1, 0.15) is 39.0 Å². The molecular formula is C13H18HgO2. The molecule has 0 aliphatic rings. The first-order chi connectivity index (χ1) is 7.83. The van der Waals surface area contributed by atoms with Gasteiger partial charge in [-0.2, -0.15) is 0 Å². The van der Waals surface area contributed by atoms with E-state index in [0.717, 1.165) is 12.8 Å². The second-order valence-corrected chi connectivity index (χ2v) is 9.38. The van der Waals surface area contributed by atoms with Crippen molar-refractivity contribution in [2.45, 2.75) is 39.0 Å². The van der Waals surface area contributed by atoms with E-state index < -0.39 is 25.0 Å². The van der Waals surface area contributed by atoms with E-state index in [9.17, 15) is 4.79 Å². The second kappa shape index (κ2) is 8.74. The molecule has 1 aromatic rings. The van der Waals surface area contributed by atoms with Crippen LogP contribution in [0.25, 0.3) is 0 Å². The van der Waals surface area contributed by atoms with Gasteiger partial charge in [-0.1, -0.05) is 0 Å². The maximum absolute atomic E-state index is 11.4. The third kappa shape index (κ3) is 6.26. The standard InChI is InChI=1S/C7H14O2.C6H5.Hg/c1-2-3-4-5-6-7(8)9;1-2-4-6-5-3-1;/h2-6H2,1H3,(H,8,9);1-5H;/q;;+1/p-1. The number of benzene rings is 1. The third-order valence-electron chi connectivity index (χ3n) is 2.48. The van der Waals surface area contributed by atoms with Crippen molar-refractivity contribution < 1.29 is 32.5 Å². The van der Waals surface area contributed by atoms with Gasteiger partial charge in [0.05, 0.1) is 0 Å². The van der Waals surface area contributed by atoms with Crippen molar-refractivity contribution >= 4 is 9.04 Å². The normalized spacial score (nSPS) is 9.56. The predicted molar refractivity (Wildman–Crippen MR) is 60.9 cm³/mol. The van der Waals surface area contributed by atoms with Crippen LogP contribution >= 0.6 is 0 Å². The molecule has 0 atom stereocenters. The molecule has 0 aliphatic heterocycles. The molecule has 0 amide bonds. The molecule has 2 nitrogen and oxygen atoms in total. The molecule has 0 spiro atoms. The fourth-order valence-electron chi connectivity index (χ4n) is 1.51. The van der Waals surface area contributed by atoms with Gasteiger partial charge in [0.25, 0.3) is 0 Å². The van der Waals surface area contributed by atoms with Gasteiger partial charge in [0.2, 0.25) is 0 Å². The predicted octanol–water partition coefficient (Wildman–Crippen LogP) is 2.82. The van der Waals surface area contributed by atoms with Gasteiger partial charge in [-0.15, -0.1) is 0 Å². The molecule has 0 saturated carbocycles. The van der Waals surface area contributed by atoms with Gasteiger partial charge in [-0.05, 0) is 0 Å². The molecule has 0 N–H and O–H groups in total. The first kappa shape index (κ1) is 13.7. The first-order valence-corrected chi connectivity index (χ1v) is 11.0. The van der Waals surface area contributed by atoms with Gasteiger partial charge in [0.1, 0.15) is 0 Å². The Morgan fingerprint density at radius 3 is 2.62 bits per heavy atom. The first-order valence-electron chi connectivity index (χ1n) is 6.02. The Hall–Kier alpha value is -0.375. The van der Waals surface area contributed by atoms with E-state index in [-0.39, 0.29) is 5.97 Å². The van der Waals surface area contributed by atoms with Crippen molar-refractivity contribution in [3.63, 3.8) is 0 Å². The monoisotopic (exact) mass is 408 g/mol. The summed E-state index contributed by atoms with van der Waals surface area (Å²) < 4.78 is 6.66. The van der Waals surface area contributed by atoms with E-state index in [2.05, 4.69) is 19.1 Å². The summed E-state index contributed by atoms with van der Waals surface area (Å²) in [4.78, 5) is 11.4. The van der Waals surface area contributed by atoms with Gasteiger partial charge in [-0.25, -0.2) is 0 Å². The van der Waals surface area contributed by atoms with Crippen LogP contribution in [0.15, 0.2) is 30.3 Å². The number of hydrogen-bond acceptors (Lipinski definition) is 2. The molecule has 16 heavy (non-hydrogen) atoms. The minimum atomic E-state index is -1.59. The van der Waals surface area contributed by atoms with Crippen molar-refractivity contribution in [3.05, 3.63) is 30.3 Å². The van der Waals surface area contributed by atoms with Crippen molar-refractivity contribution in [1.82, 2.24) is 0 Å². The van der Waals surface area contributed by atoms with E-state index >= 15 is 0 Å². The summed E-state index contributed by atoms with van der Waals surface area (Å²) in [5.74, 6) is 0.0154. The average molecular weight is 407 g/mol. The summed E-state index contributed by atoms with van der Waals surface area (Å²) in [5.41, 5.74) is 0. The zero-order valence-electron chi connectivity index (χ0n) is 9.95. The molecule has 0 radical (unpaired) electrons. The quantitative estimate of drug-likeness (QED) is 0.514. The van der Waals surface area contributed by atoms with Gasteiger partial charge < -0.3 is 0 Å². The van der Waals surface area contributed by atoms with Crippen LogP contribution in [-0.4, -0.2) is 5.97 Å². The molecule has 0 saturated heterocycles. The van der Waals surface area contributed by atoms with Crippen LogP contribution in [0.4, 0.5) is 0 Å². The SMILES string of the molecule is CCCCCCC(=O)[O][Hg][c]1ccccc1. The van der Waals surface area contributed by atoms with E-state index in [0.29, 0.717) is 6.42 Å². The molecular weight excluding hydrogens is 389 g/mol. The number of carbonyl (C=O) groups is 1. The summed E-state index contributed by atoms with van der Waals surface area (Å²) in [6.07, 6.45) is 5.16. The number of unbranched alkanes of at least 4 members (excludes halogenated alkanes) is 3. The molecule has 3 heteroatoms. The number of rotatable bonds is 7. The molecule has 0 bridgehead atoms. The zero-order valence-corrected chi connectivity index (χ0v) is 15.4. The van der Waals surface area contributed by atoms with Crippen LogP contribution in [0, 0.1) is 0 Å². The Morgan fingerprint density at radius 1 is 1.19 bits per heavy atom. The third-order valence-corrected chi connectivity index (χ3v) is 7.42. The van der Waals surface area contributed by atoms with Gasteiger partial charge in [-0.3, -0.25) is 0 Å². The van der Waals surface area contributed by atoms with Crippen molar-refractivity contribution in [2.75, 3.05) is 0 Å². The fraction of sp³-hybridized carbons (Fsp3) is 0.462. The van der Waals surface area contributed by atoms with Crippen molar-refractivity contribution in [3.8, 4) is 0 Å². The van der Waals surface area contributed by atoms with Crippen molar-refractivity contribution in [1.29, 1.82) is 0 Å². The minimum absolute atomic E-state index is 0.0154. The molecule has 0 unspecified atom stereocenters. The van der Waals surface area contributed by atoms with Crippen molar-refractivity contribution in [2.24, 2.45) is 0 Å². The van der Waals surface area contributed by atoms with E-state index in [1.807, 2.05) is 18.2 Å². The summed E-state index contributed by atoms with van der Waals surface area (Å²) in [6.45, 7) is 2.17. The number of carbonyl (C=O) groups excluding carboxylic acids is 1. The number of hydrogen-bond donors (Lipinski definition) is 0. The van der Waals surface area contributed by atoms with Gasteiger partial charge in [0.15, 0.2) is 0 Å². The topological polar surface area (TPSA) is 26.3 Å². The summed E-state index contributed by atoms with van der Waals surface area (Å²) >= 11 is -1.59. The molecule has 0 aliphatic carbocycles. The molecule has 1 rings (SSSR count). The van der Waals surface area contributed by atoms with Crippen LogP contribution in [0.5, 0.6) is 0 Å². The summed E-state index contributed by atoms with van der Waals surface area (Å²) in [5, 5.41) is 0. The molecule has 0 fully saturated rings. The van der Waals surface area contributed by atoms with Crippen LogP contribution < -0.4 is 3.07 Å². The average Bonchev–Trinajstić information content (AvgIpc) is 2.33. The Bertz CT molecular complexity index is 298. The summed E-state index contributed by atoms with van der Waals surface area (Å²) in [6, 6.07) is 10.1. The van der Waals surface area contributed by atoms with Gasteiger partial charge in [0, 0.05) is 0 Å². The second-order valence-electron chi connectivity index (χ2n) is 3.96. The van der Waals surface area contributed by atoms with E-state index in [4.69, 9.17) is 2.64 Å². The summed E-state index contributed by atoms with van der Waals surface area (Å²) in [7, 11) is 0. The van der Waals surface area contributed by atoms with Crippen LogP contribution in [0.3, 0.4) is 0 Å². The fourth-order valence-corrected chi connectivity index (χ4v) is 5.15. The van der Waals surface area contributed by atoms with Crippen LogP contribution in [-0.2, 0) is 32.5 Å². The molecule has 0 heterocycles. The Morgan fingerprint density at radius 2 is 1.94 bits per heavy atom. The Balaban J connectivity index is 2.11. The maximum atomic E-state index is 11.4. The molecule has 0 aromatic heterocycles. The van der Waals surface area contributed by atoms with Gasteiger partial charge >= 0.3 is 111 Å². The Labute approximate surface area is 110 Å².